The van der Waals surface area contributed by atoms with Crippen LogP contribution in [0.4, 0.5) is 5.69 Å². The van der Waals surface area contributed by atoms with Gasteiger partial charge in [-0.15, -0.1) is 11.3 Å². The lowest BCUT2D eigenvalue weighted by Crippen LogP contribution is -2.27. The summed E-state index contributed by atoms with van der Waals surface area (Å²) in [6.45, 7) is 1.68. The van der Waals surface area contributed by atoms with Crippen LogP contribution in [0.1, 0.15) is 28.3 Å². The largest absolute Gasteiger partial charge is 0.398 e. The van der Waals surface area contributed by atoms with Gasteiger partial charge in [-0.25, -0.2) is 18.1 Å². The number of carbonyl (C=O) groups excluding carboxylic acids is 1. The fraction of sp³-hybridized carbons (Fsp3) is 0.167. The van der Waals surface area contributed by atoms with E-state index in [1.807, 2.05) is 0 Å². The van der Waals surface area contributed by atoms with Gasteiger partial charge in [-0.05, 0) is 25.1 Å². The first-order valence-electron chi connectivity index (χ1n) is 5.92. The highest BCUT2D eigenvalue weighted by Crippen LogP contribution is 2.23. The number of carbonyl (C=O) groups is 1. The van der Waals surface area contributed by atoms with Crippen molar-refractivity contribution in [3.05, 3.63) is 40.3 Å². The summed E-state index contributed by atoms with van der Waals surface area (Å²) < 4.78 is 27.1. The van der Waals surface area contributed by atoms with Gasteiger partial charge in [-0.1, -0.05) is 0 Å². The highest BCUT2D eigenvalue weighted by molar-refractivity contribution is 7.89. The second-order valence-electron chi connectivity index (χ2n) is 4.33. The number of sulfonamides is 1. The van der Waals surface area contributed by atoms with Crippen molar-refractivity contribution in [1.82, 2.24) is 9.71 Å². The molecule has 0 radical (unpaired) electrons. The number of nitrogens with zero attached hydrogens (tertiary/aromatic N) is 1. The van der Waals surface area contributed by atoms with E-state index < -0.39 is 22.0 Å². The second-order valence-corrected chi connectivity index (χ2v) is 6.94. The van der Waals surface area contributed by atoms with Gasteiger partial charge in [0, 0.05) is 17.1 Å². The molecule has 2 rings (SSSR count). The van der Waals surface area contributed by atoms with Crippen molar-refractivity contribution in [2.75, 3.05) is 5.73 Å². The molecule has 0 saturated heterocycles. The number of thiazole rings is 1. The predicted octanol–water partition coefficient (Wildman–Crippen LogP) is 0.864. The van der Waals surface area contributed by atoms with Crippen molar-refractivity contribution < 1.29 is 13.2 Å². The van der Waals surface area contributed by atoms with E-state index in [2.05, 4.69) is 9.71 Å². The van der Waals surface area contributed by atoms with Crippen molar-refractivity contribution in [3.63, 3.8) is 0 Å². The molecule has 0 fully saturated rings. The Balaban J connectivity index is 2.29. The summed E-state index contributed by atoms with van der Waals surface area (Å²) in [5.74, 6) is -0.672. The van der Waals surface area contributed by atoms with Crippen LogP contribution < -0.4 is 16.2 Å². The first-order chi connectivity index (χ1) is 9.81. The normalized spacial score (nSPS) is 13.0. The molecule has 112 valence electrons. The Hall–Kier alpha value is -1.97. The summed E-state index contributed by atoms with van der Waals surface area (Å²) in [7, 11) is -3.82. The van der Waals surface area contributed by atoms with Crippen molar-refractivity contribution in [1.29, 1.82) is 0 Å². The molecular formula is C12H14N4O3S2. The van der Waals surface area contributed by atoms with Gasteiger partial charge >= 0.3 is 0 Å². The molecule has 1 aromatic carbocycles. The van der Waals surface area contributed by atoms with Crippen molar-refractivity contribution in [3.8, 4) is 0 Å². The molecule has 1 amide bonds. The first-order valence-corrected chi connectivity index (χ1v) is 8.28. The Morgan fingerprint density at radius 3 is 2.67 bits per heavy atom. The third kappa shape index (κ3) is 3.38. The fourth-order valence-corrected chi connectivity index (χ4v) is 3.78. The van der Waals surface area contributed by atoms with Gasteiger partial charge in [-0.3, -0.25) is 4.79 Å². The fourth-order valence-electron chi connectivity index (χ4n) is 1.74. The lowest BCUT2D eigenvalue weighted by Gasteiger charge is -2.13. The van der Waals surface area contributed by atoms with Crippen LogP contribution in [0.2, 0.25) is 0 Å². The summed E-state index contributed by atoms with van der Waals surface area (Å²) in [4.78, 5) is 15.0. The van der Waals surface area contributed by atoms with Gasteiger partial charge in [0.1, 0.15) is 9.90 Å². The van der Waals surface area contributed by atoms with E-state index in [1.165, 1.54) is 29.5 Å². The van der Waals surface area contributed by atoms with Crippen LogP contribution in [0, 0.1) is 0 Å². The van der Waals surface area contributed by atoms with Crippen molar-refractivity contribution in [2.45, 2.75) is 17.9 Å². The highest BCUT2D eigenvalue weighted by atomic mass is 32.2. The molecule has 1 unspecified atom stereocenters. The van der Waals surface area contributed by atoms with E-state index >= 15 is 0 Å². The number of primary amides is 1. The number of aromatic nitrogens is 1. The molecule has 0 saturated carbocycles. The average Bonchev–Trinajstić information content (AvgIpc) is 2.91. The molecule has 1 aromatic heterocycles. The van der Waals surface area contributed by atoms with Crippen LogP contribution in [-0.4, -0.2) is 19.3 Å². The quantitative estimate of drug-likeness (QED) is 0.702. The molecule has 0 aliphatic heterocycles. The summed E-state index contributed by atoms with van der Waals surface area (Å²) >= 11 is 1.35. The number of benzene rings is 1. The smallest absolute Gasteiger partial charge is 0.248 e. The average molecular weight is 326 g/mol. The van der Waals surface area contributed by atoms with Crippen LogP contribution in [0.3, 0.4) is 0 Å². The summed E-state index contributed by atoms with van der Waals surface area (Å²) in [6, 6.07) is 3.34. The Morgan fingerprint density at radius 2 is 2.14 bits per heavy atom. The zero-order valence-corrected chi connectivity index (χ0v) is 12.7. The van der Waals surface area contributed by atoms with E-state index in [1.54, 1.807) is 18.5 Å². The number of anilines is 1. The maximum Gasteiger partial charge on any atom is 0.248 e. The molecule has 2 aromatic rings. The molecule has 1 heterocycles. The third-order valence-electron chi connectivity index (χ3n) is 2.74. The minimum Gasteiger partial charge on any atom is -0.398 e. The molecular weight excluding hydrogens is 312 g/mol. The van der Waals surface area contributed by atoms with Gasteiger partial charge in [0.15, 0.2) is 0 Å². The Bertz CT molecular complexity index is 757. The van der Waals surface area contributed by atoms with E-state index in [0.717, 1.165) is 0 Å². The van der Waals surface area contributed by atoms with E-state index in [-0.39, 0.29) is 16.1 Å². The molecule has 0 aliphatic carbocycles. The highest BCUT2D eigenvalue weighted by Gasteiger charge is 2.22. The number of rotatable bonds is 5. The zero-order chi connectivity index (χ0) is 15.6. The Labute approximate surface area is 126 Å². The maximum atomic E-state index is 12.3. The lowest BCUT2D eigenvalue weighted by molar-refractivity contribution is 0.1000. The van der Waals surface area contributed by atoms with Crippen molar-refractivity contribution >= 4 is 33.0 Å². The number of nitrogen functional groups attached to an aromatic ring is 1. The van der Waals surface area contributed by atoms with Gasteiger partial charge in [0.25, 0.3) is 0 Å². The van der Waals surface area contributed by atoms with Crippen LogP contribution in [0.25, 0.3) is 0 Å². The van der Waals surface area contributed by atoms with Gasteiger partial charge in [0.2, 0.25) is 15.9 Å². The van der Waals surface area contributed by atoms with Gasteiger partial charge in [-0.2, -0.15) is 0 Å². The molecule has 0 aliphatic rings. The minimum atomic E-state index is -3.82. The topological polar surface area (TPSA) is 128 Å². The molecule has 21 heavy (non-hydrogen) atoms. The van der Waals surface area contributed by atoms with Crippen LogP contribution >= 0.6 is 11.3 Å². The molecule has 0 spiro atoms. The van der Waals surface area contributed by atoms with E-state index in [0.29, 0.717) is 5.01 Å². The third-order valence-corrected chi connectivity index (χ3v) is 5.31. The van der Waals surface area contributed by atoms with Crippen LogP contribution in [-0.2, 0) is 10.0 Å². The van der Waals surface area contributed by atoms with Crippen molar-refractivity contribution in [2.24, 2.45) is 5.73 Å². The number of nitrogens with two attached hydrogens (primary N) is 2. The van der Waals surface area contributed by atoms with E-state index in [4.69, 9.17) is 11.5 Å². The maximum absolute atomic E-state index is 12.3. The molecule has 9 heteroatoms. The molecule has 1 atom stereocenters. The number of amides is 1. The lowest BCUT2D eigenvalue weighted by atomic mass is 10.2. The summed E-state index contributed by atoms with van der Waals surface area (Å²) in [5, 5.41) is 2.40. The van der Waals surface area contributed by atoms with Gasteiger partial charge < -0.3 is 11.5 Å². The molecule has 0 bridgehead atoms. The SMILES string of the molecule is CC(NS(=O)(=O)c1ccc(C(N)=O)cc1N)c1nccs1. The standard InChI is InChI=1S/C12H14N4O3S2/c1-7(12-15-4-5-20-12)16-21(18,19)10-3-2-8(11(14)17)6-9(10)13/h2-7,16H,13H2,1H3,(H2,14,17). The first kappa shape index (κ1) is 15.4. The van der Waals surface area contributed by atoms with Gasteiger partial charge in [0.05, 0.1) is 11.7 Å². The zero-order valence-electron chi connectivity index (χ0n) is 11.1. The Morgan fingerprint density at radius 1 is 1.43 bits per heavy atom. The second kappa shape index (κ2) is 5.80. The molecule has 7 nitrogen and oxygen atoms in total. The molecule has 5 N–H and O–H groups in total. The minimum absolute atomic E-state index is 0.0369. The summed E-state index contributed by atoms with van der Waals surface area (Å²) in [5.41, 5.74) is 10.9. The number of nitrogens with one attached hydrogen (secondary N) is 1. The van der Waals surface area contributed by atoms with Crippen LogP contribution in [0.15, 0.2) is 34.7 Å². The summed E-state index contributed by atoms with van der Waals surface area (Å²) in [6.07, 6.45) is 1.60. The predicted molar refractivity (Wildman–Crippen MR) is 80.2 cm³/mol. The number of hydrogen-bond donors (Lipinski definition) is 3. The monoisotopic (exact) mass is 326 g/mol. The number of hydrogen-bond acceptors (Lipinski definition) is 6. The Kier molecular flexibility index (Phi) is 4.26. The van der Waals surface area contributed by atoms with E-state index in [9.17, 15) is 13.2 Å². The van der Waals surface area contributed by atoms with Crippen LogP contribution in [0.5, 0.6) is 0 Å².